The van der Waals surface area contributed by atoms with Crippen LogP contribution < -0.4 is 0 Å². The maximum absolute atomic E-state index is 12.9. The zero-order valence-corrected chi connectivity index (χ0v) is 14.5. The Balaban J connectivity index is 2.20. The topological polar surface area (TPSA) is 20.3 Å². The van der Waals surface area contributed by atoms with E-state index < -0.39 is 0 Å². The molecule has 0 aliphatic heterocycles. The fraction of sp³-hybridized carbons (Fsp3) is 0.588. The van der Waals surface area contributed by atoms with E-state index in [4.69, 9.17) is 23.2 Å². The highest BCUT2D eigenvalue weighted by atomic mass is 35.5. The molecule has 21 heavy (non-hydrogen) atoms. The van der Waals surface area contributed by atoms with Crippen molar-refractivity contribution < 1.29 is 4.79 Å². The maximum Gasteiger partial charge on any atom is 0.157 e. The summed E-state index contributed by atoms with van der Waals surface area (Å²) in [5.41, 5.74) is 0.529. The molecular weight excluding hydrogens is 305 g/mol. The van der Waals surface area contributed by atoms with Crippen LogP contribution in [0.4, 0.5) is 0 Å². The van der Waals surface area contributed by atoms with Gasteiger partial charge in [-0.25, -0.2) is 0 Å². The zero-order chi connectivity index (χ0) is 15.6. The largest absolute Gasteiger partial charge is 0.297 e. The lowest BCUT2D eigenvalue weighted by Crippen LogP contribution is -2.53. The molecule has 1 aliphatic rings. The van der Waals surface area contributed by atoms with Crippen molar-refractivity contribution in [2.75, 3.05) is 14.1 Å². The van der Waals surface area contributed by atoms with Crippen LogP contribution in [0.1, 0.15) is 38.2 Å². The van der Waals surface area contributed by atoms with Gasteiger partial charge in [0.05, 0.1) is 5.54 Å². The minimum absolute atomic E-state index is 0.267. The Labute approximate surface area is 137 Å². The molecule has 1 aromatic carbocycles. The lowest BCUT2D eigenvalue weighted by atomic mass is 9.72. The Morgan fingerprint density at radius 2 is 1.90 bits per heavy atom. The molecule has 0 radical (unpaired) electrons. The van der Waals surface area contributed by atoms with Crippen LogP contribution >= 0.6 is 23.2 Å². The number of likely N-dealkylation sites (N-methyl/N-ethyl adjacent to an activating group) is 1. The van der Waals surface area contributed by atoms with Crippen LogP contribution in [-0.4, -0.2) is 30.3 Å². The van der Waals surface area contributed by atoms with Crippen LogP contribution in [0.25, 0.3) is 0 Å². The molecule has 2 nitrogen and oxygen atoms in total. The average Bonchev–Trinajstić information content (AvgIpc) is 2.42. The van der Waals surface area contributed by atoms with E-state index >= 15 is 0 Å². The van der Waals surface area contributed by atoms with Gasteiger partial charge in [-0.15, -0.1) is 0 Å². The van der Waals surface area contributed by atoms with Crippen molar-refractivity contribution in [3.63, 3.8) is 0 Å². The molecule has 0 aromatic heterocycles. The van der Waals surface area contributed by atoms with Gasteiger partial charge in [-0.2, -0.15) is 0 Å². The number of carbonyl (C=O) groups excluding carboxylic acids is 1. The standard InChI is InChI=1S/C17H23Cl2NO/c1-12-6-8-17(9-7-12,20(2)3)16(21)10-13-4-5-14(18)11-15(13)19/h4-5,11-12H,6-10H2,1-3H3. The van der Waals surface area contributed by atoms with E-state index in [1.54, 1.807) is 12.1 Å². The lowest BCUT2D eigenvalue weighted by Gasteiger charge is -2.43. The van der Waals surface area contributed by atoms with Crippen LogP contribution in [0.5, 0.6) is 0 Å². The number of carbonyl (C=O) groups is 1. The van der Waals surface area contributed by atoms with Crippen molar-refractivity contribution in [1.82, 2.24) is 4.90 Å². The van der Waals surface area contributed by atoms with Gasteiger partial charge in [0.15, 0.2) is 5.78 Å². The fourth-order valence-electron chi connectivity index (χ4n) is 3.22. The molecule has 1 aromatic rings. The van der Waals surface area contributed by atoms with Gasteiger partial charge in [0.2, 0.25) is 0 Å². The Bertz CT molecular complexity index is 520. The van der Waals surface area contributed by atoms with E-state index in [0.717, 1.165) is 31.2 Å². The van der Waals surface area contributed by atoms with E-state index in [9.17, 15) is 4.79 Å². The molecule has 0 N–H and O–H groups in total. The molecule has 2 rings (SSSR count). The minimum Gasteiger partial charge on any atom is -0.297 e. The second kappa shape index (κ2) is 6.68. The first-order valence-corrected chi connectivity index (χ1v) is 8.25. The smallest absolute Gasteiger partial charge is 0.157 e. The lowest BCUT2D eigenvalue weighted by molar-refractivity contribution is -0.131. The maximum atomic E-state index is 12.9. The number of Topliss-reactive ketones (excluding diaryl/α,β-unsaturated/α-hetero) is 1. The molecule has 1 aliphatic carbocycles. The summed E-state index contributed by atoms with van der Waals surface area (Å²) >= 11 is 12.1. The van der Waals surface area contributed by atoms with Crippen molar-refractivity contribution in [2.45, 2.75) is 44.6 Å². The molecule has 0 saturated heterocycles. The summed E-state index contributed by atoms with van der Waals surface area (Å²) in [5, 5.41) is 1.18. The highest BCUT2D eigenvalue weighted by Gasteiger charge is 2.42. The molecular formula is C17H23Cl2NO. The normalized spacial score (nSPS) is 26.1. The van der Waals surface area contributed by atoms with Crippen molar-refractivity contribution >= 4 is 29.0 Å². The molecule has 0 unspecified atom stereocenters. The predicted octanol–water partition coefficient (Wildman–Crippen LogP) is 4.62. The molecule has 4 heteroatoms. The Kier molecular flexibility index (Phi) is 5.34. The van der Waals surface area contributed by atoms with Crippen LogP contribution in [0, 0.1) is 5.92 Å². The molecule has 1 saturated carbocycles. The number of ketones is 1. The molecule has 116 valence electrons. The third kappa shape index (κ3) is 3.61. The second-order valence-corrected chi connectivity index (χ2v) is 7.29. The number of hydrogen-bond acceptors (Lipinski definition) is 2. The van der Waals surface area contributed by atoms with Crippen molar-refractivity contribution in [3.8, 4) is 0 Å². The van der Waals surface area contributed by atoms with Gasteiger partial charge in [0.1, 0.15) is 0 Å². The van der Waals surface area contributed by atoms with Crippen molar-refractivity contribution in [3.05, 3.63) is 33.8 Å². The predicted molar refractivity (Wildman–Crippen MR) is 89.2 cm³/mol. The summed E-state index contributed by atoms with van der Waals surface area (Å²) in [7, 11) is 4.02. The summed E-state index contributed by atoms with van der Waals surface area (Å²) in [4.78, 5) is 15.0. The average molecular weight is 328 g/mol. The van der Waals surface area contributed by atoms with Crippen LogP contribution in [0.3, 0.4) is 0 Å². The molecule has 0 heterocycles. The van der Waals surface area contributed by atoms with Crippen LogP contribution in [-0.2, 0) is 11.2 Å². The summed E-state index contributed by atoms with van der Waals surface area (Å²) < 4.78 is 0. The molecule has 1 fully saturated rings. The van der Waals surface area contributed by atoms with Gasteiger partial charge in [-0.3, -0.25) is 9.69 Å². The SMILES string of the molecule is CC1CCC(C(=O)Cc2ccc(Cl)cc2Cl)(N(C)C)CC1. The van der Waals surface area contributed by atoms with Crippen molar-refractivity contribution in [1.29, 1.82) is 0 Å². The summed E-state index contributed by atoms with van der Waals surface area (Å²) in [5.74, 6) is 0.980. The first-order chi connectivity index (χ1) is 9.85. The molecule has 0 atom stereocenters. The number of hydrogen-bond donors (Lipinski definition) is 0. The monoisotopic (exact) mass is 327 g/mol. The summed E-state index contributed by atoms with van der Waals surface area (Å²) in [6.07, 6.45) is 4.47. The van der Waals surface area contributed by atoms with E-state index in [1.165, 1.54) is 0 Å². The summed E-state index contributed by atoms with van der Waals surface area (Å²) in [6, 6.07) is 5.36. The van der Waals surface area contributed by atoms with E-state index in [2.05, 4.69) is 11.8 Å². The summed E-state index contributed by atoms with van der Waals surface area (Å²) in [6.45, 7) is 2.26. The van der Waals surface area contributed by atoms with Crippen molar-refractivity contribution in [2.24, 2.45) is 5.92 Å². The van der Waals surface area contributed by atoms with Gasteiger partial charge >= 0.3 is 0 Å². The molecule has 0 spiro atoms. The van der Waals surface area contributed by atoms with E-state index in [-0.39, 0.29) is 11.3 Å². The molecule has 0 amide bonds. The minimum atomic E-state index is -0.338. The van der Waals surface area contributed by atoms with Gasteiger partial charge in [-0.1, -0.05) is 36.2 Å². The first-order valence-electron chi connectivity index (χ1n) is 7.50. The van der Waals surface area contributed by atoms with Crippen LogP contribution in [0.2, 0.25) is 10.0 Å². The van der Waals surface area contributed by atoms with Gasteiger partial charge in [0, 0.05) is 16.5 Å². The second-order valence-electron chi connectivity index (χ2n) is 6.44. The van der Waals surface area contributed by atoms with E-state index in [0.29, 0.717) is 22.4 Å². The fourth-order valence-corrected chi connectivity index (χ4v) is 3.69. The first kappa shape index (κ1) is 16.8. The van der Waals surface area contributed by atoms with Gasteiger partial charge in [-0.05, 0) is 63.4 Å². The number of rotatable bonds is 4. The molecule has 0 bridgehead atoms. The van der Waals surface area contributed by atoms with E-state index in [1.807, 2.05) is 20.2 Å². The highest BCUT2D eigenvalue weighted by Crippen LogP contribution is 2.37. The van der Waals surface area contributed by atoms with Crippen LogP contribution in [0.15, 0.2) is 18.2 Å². The number of nitrogens with zero attached hydrogens (tertiary/aromatic N) is 1. The third-order valence-electron chi connectivity index (χ3n) is 4.84. The van der Waals surface area contributed by atoms with Gasteiger partial charge in [0.25, 0.3) is 0 Å². The Morgan fingerprint density at radius 3 is 2.43 bits per heavy atom. The third-order valence-corrected chi connectivity index (χ3v) is 5.43. The Morgan fingerprint density at radius 1 is 1.29 bits per heavy atom. The highest BCUT2D eigenvalue weighted by molar-refractivity contribution is 6.35. The Hall–Kier alpha value is -0.570. The number of halogens is 2. The number of benzene rings is 1. The van der Waals surface area contributed by atoms with Gasteiger partial charge < -0.3 is 0 Å². The quantitative estimate of drug-likeness (QED) is 0.804. The zero-order valence-electron chi connectivity index (χ0n) is 13.0.